The van der Waals surface area contributed by atoms with E-state index in [-0.39, 0.29) is 29.3 Å². The van der Waals surface area contributed by atoms with Gasteiger partial charge in [0, 0.05) is 18.2 Å². The predicted molar refractivity (Wildman–Crippen MR) is 120 cm³/mol. The molecule has 0 radical (unpaired) electrons. The Morgan fingerprint density at radius 1 is 1.10 bits per heavy atom. The van der Waals surface area contributed by atoms with Crippen molar-refractivity contribution < 1.29 is 14.3 Å². The fourth-order valence-corrected chi connectivity index (χ4v) is 6.18. The van der Waals surface area contributed by atoms with Crippen LogP contribution in [0.2, 0.25) is 0 Å². The lowest BCUT2D eigenvalue weighted by Crippen LogP contribution is -2.38. The zero-order chi connectivity index (χ0) is 21.8. The van der Waals surface area contributed by atoms with Crippen molar-refractivity contribution in [3.05, 3.63) is 59.7 Å². The normalized spacial score (nSPS) is 26.4. The lowest BCUT2D eigenvalue weighted by atomic mass is 9.65. The molecular weight excluding hydrogens is 388 g/mol. The van der Waals surface area contributed by atoms with E-state index in [4.69, 9.17) is 4.74 Å². The second-order valence-corrected chi connectivity index (χ2v) is 10.6. The van der Waals surface area contributed by atoms with E-state index in [1.165, 1.54) is 6.42 Å². The molecule has 2 fully saturated rings. The number of carbonyl (C=O) groups excluding carboxylic acids is 2. The van der Waals surface area contributed by atoms with Crippen molar-refractivity contribution in [1.82, 2.24) is 4.90 Å². The van der Waals surface area contributed by atoms with Crippen LogP contribution in [0.25, 0.3) is 0 Å². The molecule has 0 spiro atoms. The molecule has 1 saturated heterocycles. The van der Waals surface area contributed by atoms with Gasteiger partial charge in [0.2, 0.25) is 0 Å². The molecule has 31 heavy (non-hydrogen) atoms. The molecule has 2 aromatic rings. The van der Waals surface area contributed by atoms with Crippen molar-refractivity contribution in [2.45, 2.75) is 52.6 Å². The van der Waals surface area contributed by atoms with E-state index in [2.05, 4.69) is 25.7 Å². The van der Waals surface area contributed by atoms with Crippen LogP contribution in [0.1, 0.15) is 56.0 Å². The number of likely N-dealkylation sites (tertiary alicyclic amines) is 1. The van der Waals surface area contributed by atoms with Crippen LogP contribution < -0.4 is 9.64 Å². The minimum Gasteiger partial charge on any atom is -0.482 e. The Morgan fingerprint density at radius 3 is 2.74 bits per heavy atom. The van der Waals surface area contributed by atoms with Gasteiger partial charge in [0.05, 0.1) is 12.2 Å². The van der Waals surface area contributed by atoms with Crippen LogP contribution >= 0.6 is 0 Å². The van der Waals surface area contributed by atoms with Gasteiger partial charge in [-0.25, -0.2) is 0 Å². The first-order valence-corrected chi connectivity index (χ1v) is 11.2. The largest absolute Gasteiger partial charge is 0.482 e. The number of rotatable bonds is 3. The number of hydrogen-bond donors (Lipinski definition) is 0. The van der Waals surface area contributed by atoms with Crippen LogP contribution in [0.15, 0.2) is 48.5 Å². The van der Waals surface area contributed by atoms with Gasteiger partial charge in [-0.2, -0.15) is 0 Å². The van der Waals surface area contributed by atoms with Crippen molar-refractivity contribution in [1.29, 1.82) is 0 Å². The summed E-state index contributed by atoms with van der Waals surface area (Å²) in [6.45, 7) is 8.27. The highest BCUT2D eigenvalue weighted by atomic mass is 16.5. The standard InChI is InChI=1S/C26H30N2O3/c1-25(2)12-20-13-26(3,16-25)17-28(20)24(30)19-8-6-7-18(11-19)14-27-21-9-4-5-10-22(21)31-15-23(27)29/h4-11,20H,12-17H2,1-3H3/t20-,26-/m1/s1. The third kappa shape index (κ3) is 3.71. The van der Waals surface area contributed by atoms with Gasteiger partial charge in [0.15, 0.2) is 6.61 Å². The Bertz CT molecular complexity index is 1050. The van der Waals surface area contributed by atoms with Gasteiger partial charge in [-0.1, -0.05) is 45.0 Å². The van der Waals surface area contributed by atoms with Crippen molar-refractivity contribution >= 4 is 17.5 Å². The fraction of sp³-hybridized carbons (Fsp3) is 0.462. The highest BCUT2D eigenvalue weighted by molar-refractivity contribution is 5.98. The van der Waals surface area contributed by atoms with E-state index in [1.807, 2.05) is 48.5 Å². The van der Waals surface area contributed by atoms with Crippen LogP contribution in [-0.2, 0) is 11.3 Å². The van der Waals surface area contributed by atoms with Gasteiger partial charge in [0.25, 0.3) is 11.8 Å². The van der Waals surface area contributed by atoms with Crippen molar-refractivity contribution in [2.75, 3.05) is 18.1 Å². The molecule has 2 aliphatic heterocycles. The molecule has 2 atom stereocenters. The number of carbonyl (C=O) groups is 2. The highest BCUT2D eigenvalue weighted by Gasteiger charge is 2.51. The van der Waals surface area contributed by atoms with Gasteiger partial charge in [-0.05, 0) is 59.9 Å². The summed E-state index contributed by atoms with van der Waals surface area (Å²) in [5, 5.41) is 0. The summed E-state index contributed by atoms with van der Waals surface area (Å²) in [5.41, 5.74) is 2.92. The summed E-state index contributed by atoms with van der Waals surface area (Å²) in [5.74, 6) is 0.760. The molecule has 2 amide bonds. The molecule has 2 bridgehead atoms. The first kappa shape index (κ1) is 20.1. The summed E-state index contributed by atoms with van der Waals surface area (Å²) >= 11 is 0. The van der Waals surface area contributed by atoms with E-state index in [0.717, 1.165) is 36.4 Å². The Labute approximate surface area is 184 Å². The van der Waals surface area contributed by atoms with E-state index >= 15 is 0 Å². The fourth-order valence-electron chi connectivity index (χ4n) is 6.18. The molecule has 5 rings (SSSR count). The smallest absolute Gasteiger partial charge is 0.265 e. The van der Waals surface area contributed by atoms with Crippen LogP contribution in [-0.4, -0.2) is 35.9 Å². The number of amides is 2. The van der Waals surface area contributed by atoms with E-state index in [9.17, 15) is 9.59 Å². The molecule has 2 heterocycles. The van der Waals surface area contributed by atoms with Crippen LogP contribution in [0.5, 0.6) is 5.75 Å². The van der Waals surface area contributed by atoms with E-state index in [0.29, 0.717) is 18.2 Å². The highest BCUT2D eigenvalue weighted by Crippen LogP contribution is 2.52. The van der Waals surface area contributed by atoms with Crippen LogP contribution in [0.4, 0.5) is 5.69 Å². The molecule has 0 aromatic heterocycles. The van der Waals surface area contributed by atoms with Gasteiger partial charge >= 0.3 is 0 Å². The zero-order valence-electron chi connectivity index (χ0n) is 18.6. The maximum Gasteiger partial charge on any atom is 0.265 e. The molecule has 2 aromatic carbocycles. The summed E-state index contributed by atoms with van der Waals surface area (Å²) in [6, 6.07) is 15.7. The van der Waals surface area contributed by atoms with Gasteiger partial charge in [0.1, 0.15) is 5.75 Å². The summed E-state index contributed by atoms with van der Waals surface area (Å²) in [4.78, 5) is 29.9. The molecule has 0 N–H and O–H groups in total. The first-order valence-electron chi connectivity index (χ1n) is 11.2. The Balaban J connectivity index is 1.38. The SMILES string of the molecule is CC1(C)C[C@@H]2C[C@@](C)(CN2C(=O)c2cccc(CN3C(=O)COc4ccccc43)c2)C1. The summed E-state index contributed by atoms with van der Waals surface area (Å²) in [6.07, 6.45) is 3.33. The average Bonchev–Trinajstić information content (AvgIpc) is 2.98. The number of anilines is 1. The third-order valence-electron chi connectivity index (χ3n) is 7.00. The molecular formula is C26H30N2O3. The molecule has 3 aliphatic rings. The van der Waals surface area contributed by atoms with Crippen LogP contribution in [0.3, 0.4) is 0 Å². The zero-order valence-corrected chi connectivity index (χ0v) is 18.6. The van der Waals surface area contributed by atoms with Gasteiger partial charge in [-0.3, -0.25) is 9.59 Å². The number of para-hydroxylation sites is 2. The Kier molecular flexibility index (Phi) is 4.61. The first-order chi connectivity index (χ1) is 14.7. The lowest BCUT2D eigenvalue weighted by Gasteiger charge is -2.39. The Hall–Kier alpha value is -2.82. The second kappa shape index (κ2) is 7.11. The average molecular weight is 419 g/mol. The van der Waals surface area contributed by atoms with Crippen molar-refractivity contribution in [2.24, 2.45) is 10.8 Å². The minimum absolute atomic E-state index is 0.0411. The summed E-state index contributed by atoms with van der Waals surface area (Å²) in [7, 11) is 0. The maximum atomic E-state index is 13.5. The lowest BCUT2D eigenvalue weighted by molar-refractivity contribution is -0.121. The molecule has 162 valence electrons. The number of benzene rings is 2. The minimum atomic E-state index is -0.0704. The van der Waals surface area contributed by atoms with Crippen molar-refractivity contribution in [3.63, 3.8) is 0 Å². The molecule has 5 heteroatoms. The second-order valence-electron chi connectivity index (χ2n) is 10.6. The number of hydrogen-bond acceptors (Lipinski definition) is 3. The Morgan fingerprint density at radius 2 is 1.90 bits per heavy atom. The number of nitrogens with zero attached hydrogens (tertiary/aromatic N) is 2. The monoisotopic (exact) mass is 418 g/mol. The van der Waals surface area contributed by atoms with Crippen LogP contribution in [0, 0.1) is 10.8 Å². The summed E-state index contributed by atoms with van der Waals surface area (Å²) < 4.78 is 5.55. The number of fused-ring (bicyclic) bond motifs is 3. The topological polar surface area (TPSA) is 49.9 Å². The quantitative estimate of drug-likeness (QED) is 0.729. The molecule has 1 saturated carbocycles. The molecule has 0 unspecified atom stereocenters. The number of ether oxygens (including phenoxy) is 1. The van der Waals surface area contributed by atoms with Gasteiger partial charge < -0.3 is 14.5 Å². The predicted octanol–water partition coefficient (Wildman–Crippen LogP) is 4.65. The molecule has 1 aliphatic carbocycles. The third-order valence-corrected chi connectivity index (χ3v) is 7.00. The van der Waals surface area contributed by atoms with E-state index < -0.39 is 0 Å². The maximum absolute atomic E-state index is 13.5. The van der Waals surface area contributed by atoms with E-state index in [1.54, 1.807) is 4.90 Å². The molecule has 5 nitrogen and oxygen atoms in total. The van der Waals surface area contributed by atoms with Gasteiger partial charge in [-0.15, -0.1) is 0 Å². The van der Waals surface area contributed by atoms with Crippen molar-refractivity contribution in [3.8, 4) is 5.75 Å².